The third kappa shape index (κ3) is 9.48. The second-order valence-corrected chi connectivity index (χ2v) is 13.5. The second kappa shape index (κ2) is 15.7. The van der Waals surface area contributed by atoms with E-state index in [9.17, 15) is 18.0 Å². The number of carbonyl (C=O) groups is 1. The van der Waals surface area contributed by atoms with E-state index < -0.39 is 17.7 Å². The fourth-order valence-corrected chi connectivity index (χ4v) is 7.37. The van der Waals surface area contributed by atoms with Gasteiger partial charge in [0, 0.05) is 65.4 Å². The van der Waals surface area contributed by atoms with Crippen LogP contribution in [0.4, 0.5) is 13.2 Å². The number of thioether (sulfide) groups is 1. The summed E-state index contributed by atoms with van der Waals surface area (Å²) in [6.07, 6.45) is -4.39. The first-order valence-electron chi connectivity index (χ1n) is 14.9. The standard InChI is InChI=1S/C34H35ClF3N3O3S2/c1-3-43-32(42)21-44-30-13-12-28(18-23(30)2)45-22-31-29(39-33(46-31)25-6-8-26(9-7-25)34(36,37)38)20-41-16-14-40(15-17-41)19-24-4-10-27(35)11-5-24/h4-13,18H,3,14-17,19-22H2,1-2H3. The number of aryl methyl sites for hydroxylation is 1. The van der Waals surface area contributed by atoms with Crippen LogP contribution in [0.1, 0.15) is 34.2 Å². The van der Waals surface area contributed by atoms with E-state index in [1.54, 1.807) is 18.7 Å². The monoisotopic (exact) mass is 689 g/mol. The Bertz CT molecular complexity index is 1610. The van der Waals surface area contributed by atoms with Gasteiger partial charge in [0.05, 0.1) is 17.9 Å². The lowest BCUT2D eigenvalue weighted by Gasteiger charge is -2.34. The number of alkyl halides is 3. The molecule has 0 atom stereocenters. The van der Waals surface area contributed by atoms with Crippen LogP contribution >= 0.6 is 34.7 Å². The number of thiazole rings is 1. The average Bonchev–Trinajstić information content (AvgIpc) is 3.43. The Balaban J connectivity index is 1.27. The molecule has 0 spiro atoms. The molecule has 6 nitrogen and oxygen atoms in total. The summed E-state index contributed by atoms with van der Waals surface area (Å²) in [7, 11) is 0. The number of rotatable bonds is 12. The highest BCUT2D eigenvalue weighted by molar-refractivity contribution is 7.98. The van der Waals surface area contributed by atoms with Crippen molar-refractivity contribution in [2.75, 3.05) is 39.4 Å². The van der Waals surface area contributed by atoms with Crippen molar-refractivity contribution in [2.24, 2.45) is 0 Å². The van der Waals surface area contributed by atoms with Crippen LogP contribution < -0.4 is 4.74 Å². The molecule has 0 amide bonds. The maximum Gasteiger partial charge on any atom is 0.416 e. The van der Waals surface area contributed by atoms with Crippen LogP contribution in [0.2, 0.25) is 5.02 Å². The van der Waals surface area contributed by atoms with E-state index in [0.717, 1.165) is 70.9 Å². The lowest BCUT2D eigenvalue weighted by atomic mass is 10.1. The zero-order chi connectivity index (χ0) is 32.7. The minimum atomic E-state index is -4.39. The van der Waals surface area contributed by atoms with Gasteiger partial charge in [-0.2, -0.15) is 13.2 Å². The van der Waals surface area contributed by atoms with Crippen molar-refractivity contribution in [1.82, 2.24) is 14.8 Å². The Morgan fingerprint density at radius 1 is 0.978 bits per heavy atom. The van der Waals surface area contributed by atoms with Gasteiger partial charge in [0.1, 0.15) is 10.8 Å². The summed E-state index contributed by atoms with van der Waals surface area (Å²) in [5.74, 6) is 0.868. The third-order valence-electron chi connectivity index (χ3n) is 7.56. The molecule has 0 saturated carbocycles. The Morgan fingerprint density at radius 3 is 2.28 bits per heavy atom. The smallest absolute Gasteiger partial charge is 0.416 e. The highest BCUT2D eigenvalue weighted by atomic mass is 35.5. The molecule has 1 aliphatic heterocycles. The number of aromatic nitrogens is 1. The Kier molecular flexibility index (Phi) is 11.7. The minimum absolute atomic E-state index is 0.145. The molecule has 2 heterocycles. The topological polar surface area (TPSA) is 54.9 Å². The van der Waals surface area contributed by atoms with E-state index in [1.165, 1.54) is 29.0 Å². The molecule has 0 bridgehead atoms. The summed E-state index contributed by atoms with van der Waals surface area (Å²) in [6, 6.07) is 19.0. The van der Waals surface area contributed by atoms with Gasteiger partial charge >= 0.3 is 12.1 Å². The molecule has 0 aliphatic carbocycles. The molecule has 5 rings (SSSR count). The lowest BCUT2D eigenvalue weighted by Crippen LogP contribution is -2.45. The lowest BCUT2D eigenvalue weighted by molar-refractivity contribution is -0.145. The Hall–Kier alpha value is -3.09. The fourth-order valence-electron chi connectivity index (χ4n) is 5.07. The van der Waals surface area contributed by atoms with Gasteiger partial charge in [-0.3, -0.25) is 9.80 Å². The van der Waals surface area contributed by atoms with Gasteiger partial charge in [0.2, 0.25) is 0 Å². The first-order valence-corrected chi connectivity index (χ1v) is 17.1. The van der Waals surface area contributed by atoms with Crippen LogP contribution in [0.25, 0.3) is 10.6 Å². The summed E-state index contributed by atoms with van der Waals surface area (Å²) in [4.78, 5) is 23.6. The van der Waals surface area contributed by atoms with Gasteiger partial charge in [0.25, 0.3) is 0 Å². The van der Waals surface area contributed by atoms with E-state index in [-0.39, 0.29) is 6.61 Å². The number of halogens is 4. The molecule has 12 heteroatoms. The SMILES string of the molecule is CCOC(=O)COc1ccc(SCc2sc(-c3ccc(C(F)(F)F)cc3)nc2CN2CCN(Cc3ccc(Cl)cc3)CC2)cc1C. The summed E-state index contributed by atoms with van der Waals surface area (Å²) >= 11 is 9.22. The van der Waals surface area contributed by atoms with Gasteiger partial charge in [-0.15, -0.1) is 23.1 Å². The number of esters is 1. The molecule has 3 aromatic carbocycles. The maximum atomic E-state index is 13.2. The first kappa shape index (κ1) is 34.3. The molecular weight excluding hydrogens is 655 g/mol. The number of hydrogen-bond acceptors (Lipinski definition) is 8. The third-order valence-corrected chi connectivity index (χ3v) is 10.2. The van der Waals surface area contributed by atoms with Gasteiger partial charge < -0.3 is 9.47 Å². The highest BCUT2D eigenvalue weighted by Crippen LogP contribution is 2.36. The van der Waals surface area contributed by atoms with Gasteiger partial charge in [-0.25, -0.2) is 9.78 Å². The van der Waals surface area contributed by atoms with Crippen molar-refractivity contribution in [3.63, 3.8) is 0 Å². The summed E-state index contributed by atoms with van der Waals surface area (Å²) < 4.78 is 50.1. The number of ether oxygens (including phenoxy) is 2. The fraction of sp³-hybridized carbons (Fsp3) is 0.353. The number of benzene rings is 3. The van der Waals surface area contributed by atoms with Crippen molar-refractivity contribution in [2.45, 2.75) is 43.8 Å². The molecule has 46 heavy (non-hydrogen) atoms. The van der Waals surface area contributed by atoms with E-state index in [0.29, 0.717) is 35.2 Å². The summed E-state index contributed by atoms with van der Waals surface area (Å²) in [5.41, 5.74) is 3.07. The molecule has 0 N–H and O–H groups in total. The molecule has 1 fully saturated rings. The molecule has 1 aromatic heterocycles. The number of nitrogens with zero attached hydrogens (tertiary/aromatic N) is 3. The Labute approximate surface area is 280 Å². The maximum absolute atomic E-state index is 13.2. The number of piperazine rings is 1. The van der Waals surface area contributed by atoms with E-state index >= 15 is 0 Å². The number of carbonyl (C=O) groups excluding carboxylic acids is 1. The van der Waals surface area contributed by atoms with E-state index in [4.69, 9.17) is 26.1 Å². The molecule has 0 unspecified atom stereocenters. The molecule has 4 aromatic rings. The molecule has 1 aliphatic rings. The van der Waals surface area contributed by atoms with Gasteiger partial charge in [-0.1, -0.05) is 35.9 Å². The van der Waals surface area contributed by atoms with Crippen LogP contribution in [-0.4, -0.2) is 60.1 Å². The Morgan fingerprint density at radius 2 is 1.65 bits per heavy atom. The van der Waals surface area contributed by atoms with Crippen LogP contribution in [-0.2, 0) is 34.6 Å². The molecule has 1 saturated heterocycles. The normalized spacial score (nSPS) is 14.4. The van der Waals surface area contributed by atoms with Crippen LogP contribution in [0, 0.1) is 6.92 Å². The average molecular weight is 690 g/mol. The summed E-state index contributed by atoms with van der Waals surface area (Å²) in [6.45, 7) is 9.00. The molecular formula is C34H35ClF3N3O3S2. The van der Waals surface area contributed by atoms with Crippen LogP contribution in [0.15, 0.2) is 71.6 Å². The minimum Gasteiger partial charge on any atom is -0.482 e. The zero-order valence-electron chi connectivity index (χ0n) is 25.6. The predicted octanol–water partition coefficient (Wildman–Crippen LogP) is 8.34. The zero-order valence-corrected chi connectivity index (χ0v) is 28.0. The van der Waals surface area contributed by atoms with Crippen molar-refractivity contribution in [1.29, 1.82) is 0 Å². The highest BCUT2D eigenvalue weighted by Gasteiger charge is 2.30. The molecule has 0 radical (unpaired) electrons. The van der Waals surface area contributed by atoms with E-state index in [2.05, 4.69) is 21.9 Å². The van der Waals surface area contributed by atoms with Gasteiger partial charge in [-0.05, 0) is 67.4 Å². The van der Waals surface area contributed by atoms with Crippen molar-refractivity contribution >= 4 is 40.7 Å². The summed E-state index contributed by atoms with van der Waals surface area (Å²) in [5, 5.41) is 1.44. The molecule has 244 valence electrons. The van der Waals surface area contributed by atoms with Crippen LogP contribution in [0.3, 0.4) is 0 Å². The van der Waals surface area contributed by atoms with Crippen molar-refractivity contribution in [3.05, 3.63) is 99.0 Å². The van der Waals surface area contributed by atoms with Crippen molar-refractivity contribution < 1.29 is 27.4 Å². The predicted molar refractivity (Wildman–Crippen MR) is 177 cm³/mol. The first-order chi connectivity index (χ1) is 22.1. The second-order valence-electron chi connectivity index (χ2n) is 11.0. The number of hydrogen-bond donors (Lipinski definition) is 0. The van der Waals surface area contributed by atoms with Crippen LogP contribution in [0.5, 0.6) is 5.75 Å². The van der Waals surface area contributed by atoms with Crippen molar-refractivity contribution in [3.8, 4) is 16.3 Å². The van der Waals surface area contributed by atoms with Gasteiger partial charge in [0.15, 0.2) is 6.61 Å². The quantitative estimate of drug-likeness (QED) is 0.110. The largest absolute Gasteiger partial charge is 0.482 e. The van der Waals surface area contributed by atoms with E-state index in [1.807, 2.05) is 37.3 Å².